The van der Waals surface area contributed by atoms with Gasteiger partial charge in [-0.3, -0.25) is 10.1 Å². The number of nitro benzene ring substituents is 1. The summed E-state index contributed by atoms with van der Waals surface area (Å²) in [5.74, 6) is -0.524. The maximum absolute atomic E-state index is 11.6. The quantitative estimate of drug-likeness (QED) is 0.482. The lowest BCUT2D eigenvalue weighted by molar-refractivity contribution is -0.384. The lowest BCUT2D eigenvalue weighted by Crippen LogP contribution is -2.18. The number of nitro groups is 1. The third-order valence-electron chi connectivity index (χ3n) is 3.27. The third-order valence-corrected chi connectivity index (χ3v) is 3.27. The molecule has 2 aromatic rings. The predicted octanol–water partition coefficient (Wildman–Crippen LogP) is 3.02. The van der Waals surface area contributed by atoms with E-state index in [1.54, 1.807) is 11.9 Å². The summed E-state index contributed by atoms with van der Waals surface area (Å²) in [6.07, 6.45) is 0. The van der Waals surface area contributed by atoms with E-state index in [9.17, 15) is 14.9 Å². The zero-order valence-corrected chi connectivity index (χ0v) is 12.4. The van der Waals surface area contributed by atoms with Gasteiger partial charge < -0.3 is 9.64 Å². The van der Waals surface area contributed by atoms with Crippen molar-refractivity contribution in [3.05, 3.63) is 69.8 Å². The maximum atomic E-state index is 11.6. The van der Waals surface area contributed by atoms with Crippen LogP contribution < -0.4 is 4.90 Å². The lowest BCUT2D eigenvalue weighted by Gasteiger charge is -2.19. The van der Waals surface area contributed by atoms with Gasteiger partial charge in [0.15, 0.2) is 0 Å². The molecule has 0 unspecified atom stereocenters. The van der Waals surface area contributed by atoms with Crippen molar-refractivity contribution in [3.8, 4) is 0 Å². The smallest absolute Gasteiger partial charge is 0.337 e. The van der Waals surface area contributed by atoms with Crippen LogP contribution in [-0.4, -0.2) is 25.1 Å². The Labute approximate surface area is 128 Å². The molecule has 0 bridgehead atoms. The molecule has 0 N–H and O–H groups in total. The molecule has 2 aromatic carbocycles. The van der Waals surface area contributed by atoms with Crippen molar-refractivity contribution < 1.29 is 14.5 Å². The molecular formula is C16H16N2O4. The molecule has 0 saturated carbocycles. The van der Waals surface area contributed by atoms with Gasteiger partial charge in [0, 0.05) is 19.7 Å². The average molecular weight is 300 g/mol. The largest absolute Gasteiger partial charge is 0.465 e. The Bertz CT molecular complexity index is 686. The molecule has 0 atom stereocenters. The molecule has 0 aliphatic rings. The Morgan fingerprint density at radius 2 is 1.91 bits per heavy atom. The van der Waals surface area contributed by atoms with E-state index in [0.717, 1.165) is 5.56 Å². The number of esters is 1. The van der Waals surface area contributed by atoms with Gasteiger partial charge in [-0.05, 0) is 17.7 Å². The second kappa shape index (κ2) is 6.71. The van der Waals surface area contributed by atoms with E-state index in [2.05, 4.69) is 4.74 Å². The van der Waals surface area contributed by atoms with Crippen LogP contribution in [0.4, 0.5) is 11.4 Å². The van der Waals surface area contributed by atoms with Crippen molar-refractivity contribution in [1.29, 1.82) is 0 Å². The molecule has 0 aliphatic heterocycles. The highest BCUT2D eigenvalue weighted by molar-refractivity contribution is 5.91. The fourth-order valence-corrected chi connectivity index (χ4v) is 2.17. The fourth-order valence-electron chi connectivity index (χ4n) is 2.17. The fraction of sp³-hybridized carbons (Fsp3) is 0.188. The first kappa shape index (κ1) is 15.5. The van der Waals surface area contributed by atoms with E-state index in [4.69, 9.17) is 0 Å². The monoisotopic (exact) mass is 300 g/mol. The van der Waals surface area contributed by atoms with Crippen LogP contribution in [0.1, 0.15) is 15.9 Å². The van der Waals surface area contributed by atoms with E-state index in [1.807, 2.05) is 30.3 Å². The van der Waals surface area contributed by atoms with Crippen LogP contribution in [-0.2, 0) is 11.3 Å². The summed E-state index contributed by atoms with van der Waals surface area (Å²) in [5.41, 5.74) is 1.62. The number of carbonyl (C=O) groups excluding carboxylic acids is 1. The second-order valence-electron chi connectivity index (χ2n) is 4.79. The first-order chi connectivity index (χ1) is 10.5. The van der Waals surface area contributed by atoms with E-state index in [1.165, 1.54) is 25.3 Å². The zero-order chi connectivity index (χ0) is 16.1. The number of hydrogen-bond acceptors (Lipinski definition) is 5. The van der Waals surface area contributed by atoms with Gasteiger partial charge >= 0.3 is 5.97 Å². The highest BCUT2D eigenvalue weighted by atomic mass is 16.6. The SMILES string of the molecule is COC(=O)c1ccc([N+](=O)[O-])c(N(C)Cc2ccccc2)c1. The summed E-state index contributed by atoms with van der Waals surface area (Å²) >= 11 is 0. The number of carbonyl (C=O) groups is 1. The summed E-state index contributed by atoms with van der Waals surface area (Å²) < 4.78 is 4.66. The van der Waals surface area contributed by atoms with Gasteiger partial charge in [0.1, 0.15) is 5.69 Å². The van der Waals surface area contributed by atoms with Crippen LogP contribution in [0.5, 0.6) is 0 Å². The number of rotatable bonds is 5. The predicted molar refractivity (Wildman–Crippen MR) is 83.0 cm³/mol. The van der Waals surface area contributed by atoms with Crippen molar-refractivity contribution in [2.75, 3.05) is 19.1 Å². The Balaban J connectivity index is 2.37. The van der Waals surface area contributed by atoms with Crippen molar-refractivity contribution >= 4 is 17.3 Å². The van der Waals surface area contributed by atoms with Crippen LogP contribution in [0.2, 0.25) is 0 Å². The van der Waals surface area contributed by atoms with E-state index in [0.29, 0.717) is 12.2 Å². The van der Waals surface area contributed by atoms with Crippen LogP contribution in [0.3, 0.4) is 0 Å². The molecule has 0 heterocycles. The Morgan fingerprint density at radius 3 is 2.50 bits per heavy atom. The van der Waals surface area contributed by atoms with Gasteiger partial charge in [-0.2, -0.15) is 0 Å². The molecule has 0 aliphatic carbocycles. The number of benzene rings is 2. The standard InChI is InChI=1S/C16H16N2O4/c1-17(11-12-6-4-3-5-7-12)15-10-13(16(19)22-2)8-9-14(15)18(20)21/h3-10H,11H2,1-2H3. The average Bonchev–Trinajstić information content (AvgIpc) is 2.54. The normalized spacial score (nSPS) is 10.1. The first-order valence-corrected chi connectivity index (χ1v) is 6.64. The van der Waals surface area contributed by atoms with Gasteiger partial charge in [0.25, 0.3) is 5.69 Å². The topological polar surface area (TPSA) is 72.7 Å². The Hall–Kier alpha value is -2.89. The maximum Gasteiger partial charge on any atom is 0.337 e. The van der Waals surface area contributed by atoms with E-state index < -0.39 is 10.9 Å². The molecule has 0 spiro atoms. The molecule has 114 valence electrons. The number of nitrogens with zero attached hydrogens (tertiary/aromatic N) is 2. The lowest BCUT2D eigenvalue weighted by atomic mass is 10.1. The summed E-state index contributed by atoms with van der Waals surface area (Å²) in [6, 6.07) is 13.8. The number of ether oxygens (including phenoxy) is 1. The van der Waals surface area contributed by atoms with Crippen molar-refractivity contribution in [1.82, 2.24) is 0 Å². The van der Waals surface area contributed by atoms with E-state index >= 15 is 0 Å². The first-order valence-electron chi connectivity index (χ1n) is 6.64. The minimum absolute atomic E-state index is 0.0499. The van der Waals surface area contributed by atoms with E-state index in [-0.39, 0.29) is 11.3 Å². The minimum atomic E-state index is -0.524. The molecule has 22 heavy (non-hydrogen) atoms. The van der Waals surface area contributed by atoms with Crippen LogP contribution in [0, 0.1) is 10.1 Å². The molecule has 2 rings (SSSR count). The van der Waals surface area contributed by atoms with Crippen molar-refractivity contribution in [2.45, 2.75) is 6.54 Å². The molecule has 6 heteroatoms. The van der Waals surface area contributed by atoms with Crippen LogP contribution in [0.25, 0.3) is 0 Å². The van der Waals surface area contributed by atoms with Crippen LogP contribution >= 0.6 is 0 Å². The zero-order valence-electron chi connectivity index (χ0n) is 12.4. The van der Waals surface area contributed by atoms with Crippen molar-refractivity contribution in [3.63, 3.8) is 0 Å². The summed E-state index contributed by atoms with van der Waals surface area (Å²) in [5, 5.41) is 11.2. The molecule has 0 saturated heterocycles. The summed E-state index contributed by atoms with van der Waals surface area (Å²) in [4.78, 5) is 24.1. The van der Waals surface area contributed by atoms with Gasteiger partial charge in [0.2, 0.25) is 0 Å². The number of methoxy groups -OCH3 is 1. The summed E-state index contributed by atoms with van der Waals surface area (Å²) in [6.45, 7) is 0.492. The molecule has 0 amide bonds. The highest BCUT2D eigenvalue weighted by Crippen LogP contribution is 2.29. The minimum Gasteiger partial charge on any atom is -0.465 e. The Kier molecular flexibility index (Phi) is 4.73. The van der Waals surface area contributed by atoms with Gasteiger partial charge in [-0.15, -0.1) is 0 Å². The molecule has 6 nitrogen and oxygen atoms in total. The van der Waals surface area contributed by atoms with Crippen LogP contribution in [0.15, 0.2) is 48.5 Å². The molecular weight excluding hydrogens is 284 g/mol. The Morgan fingerprint density at radius 1 is 1.23 bits per heavy atom. The number of hydrogen-bond donors (Lipinski definition) is 0. The van der Waals surface area contributed by atoms with Gasteiger partial charge in [0.05, 0.1) is 17.6 Å². The molecule has 0 radical (unpaired) electrons. The third kappa shape index (κ3) is 3.41. The molecule has 0 fully saturated rings. The highest BCUT2D eigenvalue weighted by Gasteiger charge is 2.20. The van der Waals surface area contributed by atoms with Gasteiger partial charge in [-0.1, -0.05) is 30.3 Å². The number of anilines is 1. The second-order valence-corrected chi connectivity index (χ2v) is 4.79. The summed E-state index contributed by atoms with van der Waals surface area (Å²) in [7, 11) is 3.02. The van der Waals surface area contributed by atoms with Gasteiger partial charge in [-0.25, -0.2) is 4.79 Å². The van der Waals surface area contributed by atoms with Crippen molar-refractivity contribution in [2.24, 2.45) is 0 Å². The molecule has 0 aromatic heterocycles.